The molecule has 4 N–H and O–H groups in total. The van der Waals surface area contributed by atoms with Crippen molar-refractivity contribution in [2.24, 2.45) is 5.92 Å². The fourth-order valence-corrected chi connectivity index (χ4v) is 3.07. The lowest BCUT2D eigenvalue weighted by Gasteiger charge is -2.20. The highest BCUT2D eigenvalue weighted by Gasteiger charge is 2.34. The fraction of sp³-hybridized carbons (Fsp3) is 0.389. The molecule has 2 rings (SSSR count). The summed E-state index contributed by atoms with van der Waals surface area (Å²) in [4.78, 5) is 60.4. The van der Waals surface area contributed by atoms with E-state index in [0.29, 0.717) is 13.0 Å². The van der Waals surface area contributed by atoms with Crippen LogP contribution in [-0.2, 0) is 19.1 Å². The Bertz CT molecular complexity index is 894. The van der Waals surface area contributed by atoms with Crippen LogP contribution in [0.3, 0.4) is 0 Å². The van der Waals surface area contributed by atoms with Crippen molar-refractivity contribution in [2.75, 3.05) is 26.0 Å². The number of carbonyl (C=O) groups excluding carboxylic acids is 5. The van der Waals surface area contributed by atoms with E-state index in [1.807, 2.05) is 0 Å². The van der Waals surface area contributed by atoms with Crippen LogP contribution in [0, 0.1) is 11.7 Å². The average Bonchev–Trinajstić information content (AvgIpc) is 3.12. The van der Waals surface area contributed by atoms with E-state index in [4.69, 9.17) is 11.6 Å². The smallest absolute Gasteiger partial charge is 0.411 e. The number of methoxy groups -OCH3 is 1. The van der Waals surface area contributed by atoms with Gasteiger partial charge in [0.15, 0.2) is 0 Å². The van der Waals surface area contributed by atoms with Gasteiger partial charge in [0.05, 0.1) is 29.4 Å². The molecule has 2 unspecified atom stereocenters. The third kappa shape index (κ3) is 5.44. The second-order valence-electron chi connectivity index (χ2n) is 6.41. The van der Waals surface area contributed by atoms with Gasteiger partial charge in [-0.1, -0.05) is 11.6 Å². The topological polar surface area (TPSA) is 143 Å². The number of ether oxygens (including phenoxy) is 1. The van der Waals surface area contributed by atoms with Crippen LogP contribution in [0.2, 0.25) is 5.02 Å². The summed E-state index contributed by atoms with van der Waals surface area (Å²) in [6.07, 6.45) is -0.645. The van der Waals surface area contributed by atoms with Gasteiger partial charge in [0.25, 0.3) is 11.8 Å². The Hall–Kier alpha value is -3.21. The first-order chi connectivity index (χ1) is 14.2. The molecule has 4 amide bonds. The first-order valence-electron chi connectivity index (χ1n) is 8.86. The molecule has 1 aromatic carbocycles. The molecule has 1 fully saturated rings. The number of benzene rings is 1. The Morgan fingerprint density at radius 1 is 1.33 bits per heavy atom. The SMILES string of the molecule is CNC(=O)C(=O)C(CC1CCNC1=O)NC(=O)c1cc(Cl)c(F)cc1NC(=O)OC. The summed E-state index contributed by atoms with van der Waals surface area (Å²) in [6.45, 7) is 0.416. The minimum atomic E-state index is -1.33. The third-order valence-electron chi connectivity index (χ3n) is 4.48. The van der Waals surface area contributed by atoms with E-state index < -0.39 is 46.5 Å². The van der Waals surface area contributed by atoms with E-state index in [9.17, 15) is 28.4 Å². The molecule has 1 aromatic rings. The molecule has 1 heterocycles. The summed E-state index contributed by atoms with van der Waals surface area (Å²) in [5, 5.41) is 8.93. The predicted octanol–water partition coefficient (Wildman–Crippen LogP) is 0.597. The molecule has 2 atom stereocenters. The van der Waals surface area contributed by atoms with Crippen molar-refractivity contribution >= 4 is 46.9 Å². The molecular formula is C18H20ClFN4O6. The Kier molecular flexibility index (Phi) is 7.70. The van der Waals surface area contributed by atoms with Gasteiger partial charge in [0, 0.05) is 19.5 Å². The van der Waals surface area contributed by atoms with Gasteiger partial charge in [0.1, 0.15) is 5.82 Å². The lowest BCUT2D eigenvalue weighted by molar-refractivity contribution is -0.139. The van der Waals surface area contributed by atoms with Crippen molar-refractivity contribution in [3.05, 3.63) is 28.5 Å². The summed E-state index contributed by atoms with van der Waals surface area (Å²) in [7, 11) is 2.32. The van der Waals surface area contributed by atoms with Gasteiger partial charge in [0.2, 0.25) is 11.7 Å². The molecule has 1 saturated heterocycles. The minimum absolute atomic E-state index is 0.113. The van der Waals surface area contributed by atoms with E-state index in [1.165, 1.54) is 7.05 Å². The maximum atomic E-state index is 13.8. The molecule has 10 nitrogen and oxygen atoms in total. The Morgan fingerprint density at radius 3 is 2.60 bits per heavy atom. The average molecular weight is 443 g/mol. The van der Waals surface area contributed by atoms with Crippen LogP contribution in [0.5, 0.6) is 0 Å². The van der Waals surface area contributed by atoms with E-state index in [1.54, 1.807) is 0 Å². The number of anilines is 1. The standard InChI is InChI=1S/C18H20ClFN4O6/c1-21-17(28)14(25)13(5-8-3-4-22-15(8)26)23-16(27)9-6-10(19)11(20)7-12(9)24-18(29)30-2/h6-8,13H,3-5H2,1-2H3,(H,21,28)(H,22,26)(H,23,27)(H,24,29). The summed E-state index contributed by atoms with van der Waals surface area (Å²) in [5.41, 5.74) is -0.525. The molecule has 0 spiro atoms. The summed E-state index contributed by atoms with van der Waals surface area (Å²) in [5.74, 6) is -4.60. The van der Waals surface area contributed by atoms with Crippen molar-refractivity contribution in [3.8, 4) is 0 Å². The van der Waals surface area contributed by atoms with Gasteiger partial charge >= 0.3 is 6.09 Å². The highest BCUT2D eigenvalue weighted by atomic mass is 35.5. The maximum absolute atomic E-state index is 13.8. The number of likely N-dealkylation sites (N-methyl/N-ethyl adjacent to an activating group) is 1. The molecular weight excluding hydrogens is 423 g/mol. The van der Waals surface area contributed by atoms with Gasteiger partial charge in [-0.2, -0.15) is 0 Å². The molecule has 1 aliphatic heterocycles. The molecule has 0 aliphatic carbocycles. The van der Waals surface area contributed by atoms with Gasteiger partial charge in [-0.3, -0.25) is 24.5 Å². The highest BCUT2D eigenvalue weighted by molar-refractivity contribution is 6.38. The molecule has 0 saturated carbocycles. The number of hydrogen-bond donors (Lipinski definition) is 4. The number of ketones is 1. The Labute approximate surface area is 175 Å². The monoisotopic (exact) mass is 442 g/mol. The van der Waals surface area contributed by atoms with E-state index >= 15 is 0 Å². The van der Waals surface area contributed by atoms with Gasteiger partial charge in [-0.05, 0) is 25.0 Å². The number of halogens is 2. The zero-order valence-electron chi connectivity index (χ0n) is 16.1. The van der Waals surface area contributed by atoms with E-state index in [-0.39, 0.29) is 23.6 Å². The van der Waals surface area contributed by atoms with E-state index in [2.05, 4.69) is 26.0 Å². The van der Waals surface area contributed by atoms with Crippen LogP contribution >= 0.6 is 11.6 Å². The quantitative estimate of drug-likeness (QED) is 0.455. The Balaban J connectivity index is 2.32. The van der Waals surface area contributed by atoms with Gasteiger partial charge in [-0.25, -0.2) is 9.18 Å². The zero-order valence-corrected chi connectivity index (χ0v) is 16.9. The molecule has 0 bridgehead atoms. The first-order valence-corrected chi connectivity index (χ1v) is 9.24. The number of hydrogen-bond acceptors (Lipinski definition) is 6. The normalized spacial score (nSPS) is 16.3. The lowest BCUT2D eigenvalue weighted by atomic mass is 9.95. The van der Waals surface area contributed by atoms with Crippen LogP contribution < -0.4 is 21.3 Å². The largest absolute Gasteiger partial charge is 0.453 e. The summed E-state index contributed by atoms with van der Waals surface area (Å²) < 4.78 is 18.3. The number of amides is 4. The molecule has 162 valence electrons. The summed E-state index contributed by atoms with van der Waals surface area (Å²) >= 11 is 5.75. The number of rotatable bonds is 7. The van der Waals surface area contributed by atoms with Crippen LogP contribution in [0.25, 0.3) is 0 Å². The van der Waals surface area contributed by atoms with Crippen molar-refractivity contribution in [3.63, 3.8) is 0 Å². The second-order valence-corrected chi connectivity index (χ2v) is 6.82. The first kappa shape index (κ1) is 23.1. The van der Waals surface area contributed by atoms with Crippen molar-refractivity contribution in [1.82, 2.24) is 16.0 Å². The molecule has 12 heteroatoms. The van der Waals surface area contributed by atoms with Crippen LogP contribution in [0.15, 0.2) is 12.1 Å². The molecule has 0 aromatic heterocycles. The van der Waals surface area contributed by atoms with Gasteiger partial charge < -0.3 is 20.7 Å². The number of carbonyl (C=O) groups is 5. The van der Waals surface area contributed by atoms with Crippen LogP contribution in [0.1, 0.15) is 23.2 Å². The number of nitrogens with one attached hydrogen (secondary N) is 4. The highest BCUT2D eigenvalue weighted by Crippen LogP contribution is 2.25. The minimum Gasteiger partial charge on any atom is -0.453 e. The third-order valence-corrected chi connectivity index (χ3v) is 4.77. The predicted molar refractivity (Wildman–Crippen MR) is 103 cm³/mol. The van der Waals surface area contributed by atoms with Gasteiger partial charge in [-0.15, -0.1) is 0 Å². The van der Waals surface area contributed by atoms with Crippen molar-refractivity contribution < 1.29 is 33.1 Å². The Morgan fingerprint density at radius 2 is 2.03 bits per heavy atom. The molecule has 0 radical (unpaired) electrons. The second kappa shape index (κ2) is 10.0. The van der Waals surface area contributed by atoms with Crippen LogP contribution in [-0.4, -0.2) is 56.3 Å². The van der Waals surface area contributed by atoms with Crippen LogP contribution in [0.4, 0.5) is 14.9 Å². The number of Topliss-reactive ketones (excluding diaryl/α,β-unsaturated/α-hetero) is 1. The zero-order chi connectivity index (χ0) is 22.4. The molecule has 30 heavy (non-hydrogen) atoms. The molecule has 1 aliphatic rings. The maximum Gasteiger partial charge on any atom is 0.411 e. The van der Waals surface area contributed by atoms with Crippen molar-refractivity contribution in [2.45, 2.75) is 18.9 Å². The van der Waals surface area contributed by atoms with E-state index in [0.717, 1.165) is 19.2 Å². The lowest BCUT2D eigenvalue weighted by Crippen LogP contribution is -2.48. The summed E-state index contributed by atoms with van der Waals surface area (Å²) in [6, 6.07) is 0.441. The fourth-order valence-electron chi connectivity index (χ4n) is 2.90. The van der Waals surface area contributed by atoms with Crippen molar-refractivity contribution in [1.29, 1.82) is 0 Å².